The van der Waals surface area contributed by atoms with Crippen LogP contribution in [0.1, 0.15) is 25.3 Å². The molecule has 0 heterocycles. The number of amides is 1. The van der Waals surface area contributed by atoms with E-state index >= 15 is 0 Å². The van der Waals surface area contributed by atoms with E-state index in [1.807, 2.05) is 24.3 Å². The minimum Gasteiger partial charge on any atom is -0.355 e. The van der Waals surface area contributed by atoms with Gasteiger partial charge in [0.05, 0.1) is 0 Å². The number of hydrogen-bond donors (Lipinski definition) is 2. The molecule has 18 heavy (non-hydrogen) atoms. The van der Waals surface area contributed by atoms with E-state index in [9.17, 15) is 4.79 Å². The number of carbonyl (C=O) groups excluding carboxylic acids is 1. The van der Waals surface area contributed by atoms with Gasteiger partial charge < -0.3 is 10.6 Å². The number of carbonyl (C=O) groups is 1. The Hall–Kier alpha value is -1.06. The Balaban J connectivity index is 2.11. The first-order chi connectivity index (χ1) is 8.72. The van der Waals surface area contributed by atoms with Crippen LogP contribution in [0, 0.1) is 0 Å². The van der Waals surface area contributed by atoms with Crippen molar-refractivity contribution in [2.24, 2.45) is 0 Å². The predicted molar refractivity (Wildman–Crippen MR) is 75.9 cm³/mol. The van der Waals surface area contributed by atoms with Crippen LogP contribution in [0.5, 0.6) is 0 Å². The van der Waals surface area contributed by atoms with Gasteiger partial charge >= 0.3 is 0 Å². The fraction of sp³-hybridized carbons (Fsp3) is 0.500. The SMILES string of the molecule is CCCNCCNC(=O)CCc1ccc(Cl)cc1. The number of benzene rings is 1. The molecule has 2 N–H and O–H groups in total. The van der Waals surface area contributed by atoms with Crippen molar-refractivity contribution in [2.75, 3.05) is 19.6 Å². The van der Waals surface area contributed by atoms with E-state index in [1.54, 1.807) is 0 Å². The Morgan fingerprint density at radius 1 is 1.17 bits per heavy atom. The number of halogens is 1. The van der Waals surface area contributed by atoms with Crippen LogP contribution >= 0.6 is 11.6 Å². The first-order valence-electron chi connectivity index (χ1n) is 6.44. The summed E-state index contributed by atoms with van der Waals surface area (Å²) in [5.74, 6) is 0.100. The largest absolute Gasteiger partial charge is 0.355 e. The van der Waals surface area contributed by atoms with Crippen molar-refractivity contribution >= 4 is 17.5 Å². The van der Waals surface area contributed by atoms with E-state index in [0.717, 1.165) is 36.5 Å². The molecule has 0 aromatic heterocycles. The molecule has 1 aromatic carbocycles. The zero-order valence-electron chi connectivity index (χ0n) is 10.8. The molecule has 1 aromatic rings. The van der Waals surface area contributed by atoms with Crippen molar-refractivity contribution in [3.05, 3.63) is 34.9 Å². The summed E-state index contributed by atoms with van der Waals surface area (Å²) in [5.41, 5.74) is 1.14. The van der Waals surface area contributed by atoms with Crippen molar-refractivity contribution in [1.82, 2.24) is 10.6 Å². The molecule has 0 radical (unpaired) electrons. The molecular formula is C14H21ClN2O. The van der Waals surface area contributed by atoms with Gasteiger partial charge in [-0.2, -0.15) is 0 Å². The molecule has 0 aliphatic rings. The molecule has 0 aliphatic carbocycles. The predicted octanol–water partition coefficient (Wildman–Crippen LogP) is 2.39. The maximum Gasteiger partial charge on any atom is 0.220 e. The maximum atomic E-state index is 11.6. The molecule has 0 unspecified atom stereocenters. The molecule has 0 saturated carbocycles. The van der Waals surface area contributed by atoms with Crippen LogP contribution in [0.15, 0.2) is 24.3 Å². The molecule has 3 nitrogen and oxygen atoms in total. The van der Waals surface area contributed by atoms with Gasteiger partial charge in [0.2, 0.25) is 5.91 Å². The Morgan fingerprint density at radius 2 is 1.89 bits per heavy atom. The Bertz CT molecular complexity index is 351. The first kappa shape index (κ1) is 15.0. The van der Waals surface area contributed by atoms with Gasteiger partial charge in [-0.15, -0.1) is 0 Å². The van der Waals surface area contributed by atoms with Crippen molar-refractivity contribution < 1.29 is 4.79 Å². The van der Waals surface area contributed by atoms with Crippen molar-refractivity contribution in [3.63, 3.8) is 0 Å². The summed E-state index contributed by atoms with van der Waals surface area (Å²) >= 11 is 5.80. The third-order valence-corrected chi connectivity index (χ3v) is 2.86. The van der Waals surface area contributed by atoms with Crippen LogP contribution in [0.3, 0.4) is 0 Å². The lowest BCUT2D eigenvalue weighted by molar-refractivity contribution is -0.121. The van der Waals surface area contributed by atoms with E-state index in [2.05, 4.69) is 17.6 Å². The Morgan fingerprint density at radius 3 is 2.56 bits per heavy atom. The second-order valence-electron chi connectivity index (χ2n) is 4.23. The van der Waals surface area contributed by atoms with Crippen molar-refractivity contribution in [2.45, 2.75) is 26.2 Å². The standard InChI is InChI=1S/C14H21ClN2O/c1-2-9-16-10-11-17-14(18)8-5-12-3-6-13(15)7-4-12/h3-4,6-7,16H,2,5,8-11H2,1H3,(H,17,18). The molecule has 1 rings (SSSR count). The fourth-order valence-electron chi connectivity index (χ4n) is 1.59. The van der Waals surface area contributed by atoms with Gasteiger partial charge in [0, 0.05) is 24.5 Å². The van der Waals surface area contributed by atoms with Gasteiger partial charge in [-0.25, -0.2) is 0 Å². The smallest absolute Gasteiger partial charge is 0.220 e. The van der Waals surface area contributed by atoms with Crippen molar-refractivity contribution in [1.29, 1.82) is 0 Å². The quantitative estimate of drug-likeness (QED) is 0.711. The van der Waals surface area contributed by atoms with Crippen LogP contribution in [-0.2, 0) is 11.2 Å². The molecule has 0 saturated heterocycles. The summed E-state index contributed by atoms with van der Waals surface area (Å²) in [4.78, 5) is 11.6. The van der Waals surface area contributed by atoms with Gasteiger partial charge in [0.15, 0.2) is 0 Å². The highest BCUT2D eigenvalue weighted by Crippen LogP contribution is 2.10. The molecule has 1 amide bonds. The summed E-state index contributed by atoms with van der Waals surface area (Å²) in [6.07, 6.45) is 2.39. The number of nitrogens with one attached hydrogen (secondary N) is 2. The van der Waals surface area contributed by atoms with E-state index in [0.29, 0.717) is 13.0 Å². The van der Waals surface area contributed by atoms with Gasteiger partial charge in [-0.05, 0) is 37.1 Å². The van der Waals surface area contributed by atoms with E-state index < -0.39 is 0 Å². The topological polar surface area (TPSA) is 41.1 Å². The zero-order valence-corrected chi connectivity index (χ0v) is 11.6. The molecule has 0 bridgehead atoms. The maximum absolute atomic E-state index is 11.6. The highest BCUT2D eigenvalue weighted by Gasteiger charge is 2.01. The minimum atomic E-state index is 0.100. The molecule has 4 heteroatoms. The van der Waals surface area contributed by atoms with E-state index in [1.165, 1.54) is 0 Å². The zero-order chi connectivity index (χ0) is 13.2. The molecule has 0 atom stereocenters. The van der Waals surface area contributed by atoms with Gasteiger partial charge in [0.1, 0.15) is 0 Å². The van der Waals surface area contributed by atoms with E-state index in [-0.39, 0.29) is 5.91 Å². The average Bonchev–Trinajstić information content (AvgIpc) is 2.38. The fourth-order valence-corrected chi connectivity index (χ4v) is 1.72. The second-order valence-corrected chi connectivity index (χ2v) is 4.66. The van der Waals surface area contributed by atoms with Gasteiger partial charge in [0.25, 0.3) is 0 Å². The summed E-state index contributed by atoms with van der Waals surface area (Å²) in [6, 6.07) is 7.61. The van der Waals surface area contributed by atoms with Crippen LogP contribution in [-0.4, -0.2) is 25.5 Å². The first-order valence-corrected chi connectivity index (χ1v) is 6.82. The summed E-state index contributed by atoms with van der Waals surface area (Å²) in [7, 11) is 0. The lowest BCUT2D eigenvalue weighted by Gasteiger charge is -2.06. The lowest BCUT2D eigenvalue weighted by atomic mass is 10.1. The monoisotopic (exact) mass is 268 g/mol. The van der Waals surface area contributed by atoms with Crippen LogP contribution in [0.25, 0.3) is 0 Å². The van der Waals surface area contributed by atoms with Gasteiger partial charge in [-0.1, -0.05) is 30.7 Å². The summed E-state index contributed by atoms with van der Waals surface area (Å²) in [5, 5.41) is 6.86. The third-order valence-electron chi connectivity index (χ3n) is 2.60. The molecule has 0 aliphatic heterocycles. The van der Waals surface area contributed by atoms with Crippen LogP contribution < -0.4 is 10.6 Å². The Kier molecular flexibility index (Phi) is 7.46. The number of aryl methyl sites for hydroxylation is 1. The molecule has 100 valence electrons. The second kappa shape index (κ2) is 8.95. The van der Waals surface area contributed by atoms with E-state index in [4.69, 9.17) is 11.6 Å². The highest BCUT2D eigenvalue weighted by molar-refractivity contribution is 6.30. The number of rotatable bonds is 8. The van der Waals surface area contributed by atoms with Crippen LogP contribution in [0.2, 0.25) is 5.02 Å². The highest BCUT2D eigenvalue weighted by atomic mass is 35.5. The third kappa shape index (κ3) is 6.62. The normalized spacial score (nSPS) is 10.3. The number of hydrogen-bond acceptors (Lipinski definition) is 2. The lowest BCUT2D eigenvalue weighted by Crippen LogP contribution is -2.32. The Labute approximate surface area is 114 Å². The van der Waals surface area contributed by atoms with Gasteiger partial charge in [-0.3, -0.25) is 4.79 Å². The van der Waals surface area contributed by atoms with Crippen molar-refractivity contribution in [3.8, 4) is 0 Å². The average molecular weight is 269 g/mol. The molecular weight excluding hydrogens is 248 g/mol. The molecule has 0 fully saturated rings. The summed E-state index contributed by atoms with van der Waals surface area (Å²) < 4.78 is 0. The minimum absolute atomic E-state index is 0.100. The molecule has 0 spiro atoms. The summed E-state index contributed by atoms with van der Waals surface area (Å²) in [6.45, 7) is 4.65. The van der Waals surface area contributed by atoms with Crippen LogP contribution in [0.4, 0.5) is 0 Å².